The van der Waals surface area contributed by atoms with E-state index in [-0.39, 0.29) is 6.07 Å². The van der Waals surface area contributed by atoms with Crippen molar-refractivity contribution in [3.63, 3.8) is 0 Å². The van der Waals surface area contributed by atoms with Crippen molar-refractivity contribution in [1.82, 2.24) is 0 Å². The van der Waals surface area contributed by atoms with E-state index in [2.05, 4.69) is 9.47 Å². The fraction of sp³-hybridized carbons (Fsp3) is 0.333. The average molecular weight is 278 g/mol. The second kappa shape index (κ2) is 5.32. The summed E-state index contributed by atoms with van der Waals surface area (Å²) in [5, 5.41) is 0. The minimum absolute atomic E-state index is 0.288. The summed E-state index contributed by atoms with van der Waals surface area (Å²) in [5.74, 6) is -1.85. The molecule has 18 heavy (non-hydrogen) atoms. The van der Waals surface area contributed by atoms with Gasteiger partial charge in [-0.1, -0.05) is 0 Å². The van der Waals surface area contributed by atoms with E-state index >= 15 is 0 Å². The summed E-state index contributed by atoms with van der Waals surface area (Å²) in [6.45, 7) is -3.36. The number of hydrogen-bond donors (Lipinski definition) is 0. The molecule has 0 bridgehead atoms. The molecule has 0 saturated heterocycles. The van der Waals surface area contributed by atoms with Crippen LogP contribution in [0.5, 0.6) is 11.5 Å². The van der Waals surface area contributed by atoms with Gasteiger partial charge in [0.1, 0.15) is 11.5 Å². The van der Waals surface area contributed by atoms with Gasteiger partial charge < -0.3 is 9.47 Å². The molecule has 0 radical (unpaired) electrons. The van der Waals surface area contributed by atoms with Crippen LogP contribution >= 0.6 is 0 Å². The third-order valence-corrected chi connectivity index (χ3v) is 1.67. The van der Waals surface area contributed by atoms with Gasteiger partial charge >= 0.3 is 13.0 Å². The SMILES string of the molecule is FC(F)Oc1ccc(OC(F)(F)F)cc1C(F)F. The molecule has 1 rings (SSSR count). The van der Waals surface area contributed by atoms with E-state index in [0.29, 0.717) is 12.1 Å². The predicted octanol–water partition coefficient (Wildman–Crippen LogP) is 4.12. The van der Waals surface area contributed by atoms with Crippen molar-refractivity contribution in [2.75, 3.05) is 0 Å². The quantitative estimate of drug-likeness (QED) is 0.771. The molecular weight excluding hydrogens is 273 g/mol. The second-order valence-electron chi connectivity index (χ2n) is 2.93. The van der Waals surface area contributed by atoms with Gasteiger partial charge in [-0.3, -0.25) is 0 Å². The molecule has 0 unspecified atom stereocenters. The largest absolute Gasteiger partial charge is 0.573 e. The molecule has 0 aromatic heterocycles. The van der Waals surface area contributed by atoms with E-state index in [1.807, 2.05) is 0 Å². The number of alkyl halides is 7. The Balaban J connectivity index is 3.03. The molecule has 2 nitrogen and oxygen atoms in total. The highest BCUT2D eigenvalue weighted by Crippen LogP contribution is 2.34. The summed E-state index contributed by atoms with van der Waals surface area (Å²) >= 11 is 0. The molecule has 9 heteroatoms. The summed E-state index contributed by atoms with van der Waals surface area (Å²) in [5.41, 5.74) is -1.11. The van der Waals surface area contributed by atoms with Crippen molar-refractivity contribution < 1.29 is 40.2 Å². The third kappa shape index (κ3) is 4.30. The monoisotopic (exact) mass is 278 g/mol. The van der Waals surface area contributed by atoms with Crippen LogP contribution in [0.1, 0.15) is 12.0 Å². The van der Waals surface area contributed by atoms with Gasteiger partial charge in [0.05, 0.1) is 5.56 Å². The molecule has 0 saturated carbocycles. The molecular formula is C9H5F7O2. The standard InChI is InChI=1S/C9H5F7O2/c10-7(11)5-3-4(18-9(14,15)16)1-2-6(5)17-8(12)13/h1-3,7-8H. The molecule has 0 N–H and O–H groups in total. The Bertz CT molecular complexity index is 402. The fourth-order valence-electron chi connectivity index (χ4n) is 1.10. The summed E-state index contributed by atoms with van der Waals surface area (Å²) in [6.07, 6.45) is -8.35. The van der Waals surface area contributed by atoms with Crippen LogP contribution in [0.15, 0.2) is 18.2 Å². The van der Waals surface area contributed by atoms with Crippen LogP contribution in [-0.4, -0.2) is 13.0 Å². The number of benzene rings is 1. The molecule has 0 fully saturated rings. The Kier molecular flexibility index (Phi) is 4.25. The van der Waals surface area contributed by atoms with Crippen molar-refractivity contribution >= 4 is 0 Å². The fourth-order valence-corrected chi connectivity index (χ4v) is 1.10. The summed E-state index contributed by atoms with van der Waals surface area (Å²) in [4.78, 5) is 0. The van der Waals surface area contributed by atoms with Crippen LogP contribution in [-0.2, 0) is 0 Å². The smallest absolute Gasteiger partial charge is 0.434 e. The molecule has 1 aromatic rings. The lowest BCUT2D eigenvalue weighted by atomic mass is 10.2. The van der Waals surface area contributed by atoms with Crippen molar-refractivity contribution in [3.05, 3.63) is 23.8 Å². The molecule has 0 aliphatic carbocycles. The van der Waals surface area contributed by atoms with Gasteiger partial charge in [0.2, 0.25) is 0 Å². The minimum Gasteiger partial charge on any atom is -0.434 e. The summed E-state index contributed by atoms with van der Waals surface area (Å²) in [6, 6.07) is 1.43. The van der Waals surface area contributed by atoms with E-state index in [0.717, 1.165) is 0 Å². The number of hydrogen-bond acceptors (Lipinski definition) is 2. The maximum Gasteiger partial charge on any atom is 0.573 e. The number of halogens is 7. The van der Waals surface area contributed by atoms with E-state index in [1.165, 1.54) is 0 Å². The van der Waals surface area contributed by atoms with Crippen molar-refractivity contribution in [2.45, 2.75) is 19.4 Å². The first kappa shape index (κ1) is 14.4. The normalized spacial score (nSPS) is 12.1. The van der Waals surface area contributed by atoms with Gasteiger partial charge in [0, 0.05) is 0 Å². The van der Waals surface area contributed by atoms with Gasteiger partial charge in [-0.05, 0) is 18.2 Å². The Morgan fingerprint density at radius 3 is 2.06 bits per heavy atom. The highest BCUT2D eigenvalue weighted by atomic mass is 19.4. The van der Waals surface area contributed by atoms with E-state index in [9.17, 15) is 30.7 Å². The lowest BCUT2D eigenvalue weighted by Crippen LogP contribution is -2.17. The highest BCUT2D eigenvalue weighted by Gasteiger charge is 2.32. The predicted molar refractivity (Wildman–Crippen MR) is 44.7 cm³/mol. The lowest BCUT2D eigenvalue weighted by molar-refractivity contribution is -0.274. The van der Waals surface area contributed by atoms with Gasteiger partial charge in [-0.25, -0.2) is 8.78 Å². The van der Waals surface area contributed by atoms with Crippen LogP contribution < -0.4 is 9.47 Å². The molecule has 1 aromatic carbocycles. The minimum atomic E-state index is -5.06. The first-order chi connectivity index (χ1) is 8.19. The van der Waals surface area contributed by atoms with Crippen LogP contribution in [0.2, 0.25) is 0 Å². The average Bonchev–Trinajstić information content (AvgIpc) is 2.17. The maximum atomic E-state index is 12.4. The summed E-state index contributed by atoms with van der Waals surface area (Å²) in [7, 11) is 0. The topological polar surface area (TPSA) is 18.5 Å². The molecule has 0 amide bonds. The Labute approximate surface area is 95.9 Å². The van der Waals surface area contributed by atoms with Crippen LogP contribution in [0.25, 0.3) is 0 Å². The van der Waals surface area contributed by atoms with Crippen LogP contribution in [0, 0.1) is 0 Å². The molecule has 0 aliphatic heterocycles. The van der Waals surface area contributed by atoms with Crippen molar-refractivity contribution in [1.29, 1.82) is 0 Å². The Hall–Kier alpha value is -1.67. The zero-order valence-corrected chi connectivity index (χ0v) is 8.35. The highest BCUT2D eigenvalue weighted by molar-refractivity contribution is 5.41. The van der Waals surface area contributed by atoms with E-state index < -0.39 is 36.5 Å². The van der Waals surface area contributed by atoms with Crippen molar-refractivity contribution in [3.8, 4) is 11.5 Å². The molecule has 0 heterocycles. The van der Waals surface area contributed by atoms with E-state index in [1.54, 1.807) is 0 Å². The van der Waals surface area contributed by atoms with Gasteiger partial charge in [-0.2, -0.15) is 8.78 Å². The Morgan fingerprint density at radius 2 is 1.61 bits per heavy atom. The van der Waals surface area contributed by atoms with Gasteiger partial charge in [-0.15, -0.1) is 13.2 Å². The first-order valence-electron chi connectivity index (χ1n) is 4.31. The Morgan fingerprint density at radius 1 is 1.00 bits per heavy atom. The number of rotatable bonds is 4. The lowest BCUT2D eigenvalue weighted by Gasteiger charge is -2.13. The zero-order valence-electron chi connectivity index (χ0n) is 8.35. The second-order valence-corrected chi connectivity index (χ2v) is 2.93. The van der Waals surface area contributed by atoms with Crippen molar-refractivity contribution in [2.24, 2.45) is 0 Å². The van der Waals surface area contributed by atoms with Gasteiger partial charge in [0.15, 0.2) is 0 Å². The molecule has 102 valence electrons. The molecule has 0 aliphatic rings. The molecule has 0 spiro atoms. The van der Waals surface area contributed by atoms with Crippen LogP contribution in [0.3, 0.4) is 0 Å². The zero-order chi connectivity index (χ0) is 13.9. The maximum absolute atomic E-state index is 12.4. The molecule has 0 atom stereocenters. The van der Waals surface area contributed by atoms with E-state index in [4.69, 9.17) is 0 Å². The third-order valence-electron chi connectivity index (χ3n) is 1.67. The summed E-state index contributed by atoms with van der Waals surface area (Å²) < 4.78 is 91.2. The first-order valence-corrected chi connectivity index (χ1v) is 4.31. The number of ether oxygens (including phenoxy) is 2. The van der Waals surface area contributed by atoms with Gasteiger partial charge in [0.25, 0.3) is 6.43 Å². The van der Waals surface area contributed by atoms with Crippen LogP contribution in [0.4, 0.5) is 30.7 Å².